The van der Waals surface area contributed by atoms with Gasteiger partial charge in [0.15, 0.2) is 0 Å². The van der Waals surface area contributed by atoms with Crippen LogP contribution in [-0.2, 0) is 11.3 Å². The van der Waals surface area contributed by atoms with E-state index < -0.39 is 0 Å². The van der Waals surface area contributed by atoms with E-state index in [0.29, 0.717) is 13.2 Å². The maximum Gasteiger partial charge on any atom is 0.123 e. The fraction of sp³-hybridized carbons (Fsp3) is 0.357. The number of hydrogen-bond acceptors (Lipinski definition) is 4. The first-order chi connectivity index (χ1) is 9.20. The molecule has 0 radical (unpaired) electrons. The average Bonchev–Trinajstić information content (AvgIpc) is 2.76. The standard InChI is InChI=1S/C14H17FN2OS/c1-10-14(11-4-3-5-12(15)8-11)19-13(17-10)9-16-6-7-18-2/h3-5,8,16H,6-7,9H2,1-2H3. The van der Waals surface area contributed by atoms with Crippen molar-refractivity contribution in [1.82, 2.24) is 10.3 Å². The molecule has 0 bridgehead atoms. The van der Waals surface area contributed by atoms with Crippen molar-refractivity contribution in [3.63, 3.8) is 0 Å². The van der Waals surface area contributed by atoms with Crippen LogP contribution in [0.1, 0.15) is 10.7 Å². The molecule has 0 atom stereocenters. The fourth-order valence-electron chi connectivity index (χ4n) is 1.80. The summed E-state index contributed by atoms with van der Waals surface area (Å²) in [6, 6.07) is 6.63. The molecule has 3 nitrogen and oxygen atoms in total. The molecule has 1 aromatic carbocycles. The third-order valence-corrected chi connectivity index (χ3v) is 3.89. The maximum atomic E-state index is 13.2. The van der Waals surface area contributed by atoms with Crippen molar-refractivity contribution in [3.8, 4) is 10.4 Å². The third kappa shape index (κ3) is 3.83. The van der Waals surface area contributed by atoms with Gasteiger partial charge < -0.3 is 10.1 Å². The minimum Gasteiger partial charge on any atom is -0.383 e. The van der Waals surface area contributed by atoms with Crippen molar-refractivity contribution in [2.24, 2.45) is 0 Å². The van der Waals surface area contributed by atoms with Gasteiger partial charge in [0.25, 0.3) is 0 Å². The molecule has 102 valence electrons. The molecule has 0 spiro atoms. The third-order valence-electron chi connectivity index (χ3n) is 2.69. The van der Waals surface area contributed by atoms with Crippen LogP contribution >= 0.6 is 11.3 Å². The SMILES string of the molecule is COCCNCc1nc(C)c(-c2cccc(F)c2)s1. The summed E-state index contributed by atoms with van der Waals surface area (Å²) in [4.78, 5) is 5.54. The zero-order chi connectivity index (χ0) is 13.7. The predicted molar refractivity (Wildman–Crippen MR) is 75.8 cm³/mol. The van der Waals surface area contributed by atoms with Gasteiger partial charge in [-0.3, -0.25) is 0 Å². The molecule has 2 aromatic rings. The van der Waals surface area contributed by atoms with Gasteiger partial charge in [-0.1, -0.05) is 12.1 Å². The molecule has 19 heavy (non-hydrogen) atoms. The molecule has 0 saturated carbocycles. The second kappa shape index (κ2) is 6.75. The van der Waals surface area contributed by atoms with Gasteiger partial charge in [0, 0.05) is 20.2 Å². The van der Waals surface area contributed by atoms with E-state index >= 15 is 0 Å². The van der Waals surface area contributed by atoms with Gasteiger partial charge in [-0.15, -0.1) is 11.3 Å². The molecule has 2 rings (SSSR count). The van der Waals surface area contributed by atoms with Gasteiger partial charge in [-0.2, -0.15) is 0 Å². The highest BCUT2D eigenvalue weighted by molar-refractivity contribution is 7.15. The van der Waals surface area contributed by atoms with Crippen LogP contribution in [0.15, 0.2) is 24.3 Å². The molecule has 1 aromatic heterocycles. The van der Waals surface area contributed by atoms with Crippen LogP contribution in [0.25, 0.3) is 10.4 Å². The van der Waals surface area contributed by atoms with E-state index in [1.54, 1.807) is 30.6 Å². The highest BCUT2D eigenvalue weighted by atomic mass is 32.1. The quantitative estimate of drug-likeness (QED) is 0.826. The normalized spacial score (nSPS) is 10.9. The molecular weight excluding hydrogens is 263 g/mol. The Balaban J connectivity index is 2.08. The summed E-state index contributed by atoms with van der Waals surface area (Å²) < 4.78 is 18.2. The summed E-state index contributed by atoms with van der Waals surface area (Å²) in [5.74, 6) is -0.218. The summed E-state index contributed by atoms with van der Waals surface area (Å²) in [6.07, 6.45) is 0. The van der Waals surface area contributed by atoms with Crippen molar-refractivity contribution in [3.05, 3.63) is 40.8 Å². The second-order valence-electron chi connectivity index (χ2n) is 4.20. The fourth-order valence-corrected chi connectivity index (χ4v) is 2.83. The largest absolute Gasteiger partial charge is 0.383 e. The number of aryl methyl sites for hydroxylation is 1. The highest BCUT2D eigenvalue weighted by Gasteiger charge is 2.09. The number of nitrogens with zero attached hydrogens (tertiary/aromatic N) is 1. The molecule has 1 N–H and O–H groups in total. The smallest absolute Gasteiger partial charge is 0.123 e. The molecule has 0 aliphatic rings. The van der Waals surface area contributed by atoms with Crippen molar-refractivity contribution in [2.75, 3.05) is 20.3 Å². The Morgan fingerprint density at radius 3 is 3.00 bits per heavy atom. The lowest BCUT2D eigenvalue weighted by Gasteiger charge is -2.00. The summed E-state index contributed by atoms with van der Waals surface area (Å²) >= 11 is 1.60. The summed E-state index contributed by atoms with van der Waals surface area (Å²) in [5.41, 5.74) is 1.83. The topological polar surface area (TPSA) is 34.1 Å². The van der Waals surface area contributed by atoms with Crippen LogP contribution in [0.5, 0.6) is 0 Å². The van der Waals surface area contributed by atoms with E-state index in [2.05, 4.69) is 10.3 Å². The lowest BCUT2D eigenvalue weighted by atomic mass is 10.1. The first-order valence-corrected chi connectivity index (χ1v) is 6.94. The Hall–Kier alpha value is -1.30. The van der Waals surface area contributed by atoms with Crippen LogP contribution in [0.4, 0.5) is 4.39 Å². The van der Waals surface area contributed by atoms with Crippen LogP contribution in [0.3, 0.4) is 0 Å². The van der Waals surface area contributed by atoms with Crippen LogP contribution in [-0.4, -0.2) is 25.2 Å². The monoisotopic (exact) mass is 280 g/mol. The van der Waals surface area contributed by atoms with E-state index in [1.165, 1.54) is 6.07 Å². The number of ether oxygens (including phenoxy) is 1. The van der Waals surface area contributed by atoms with Gasteiger partial charge in [-0.25, -0.2) is 9.37 Å². The Morgan fingerprint density at radius 1 is 1.42 bits per heavy atom. The van der Waals surface area contributed by atoms with Gasteiger partial charge in [-0.05, 0) is 24.6 Å². The predicted octanol–water partition coefficient (Wildman–Crippen LogP) is 2.99. The lowest BCUT2D eigenvalue weighted by Crippen LogP contribution is -2.18. The zero-order valence-electron chi connectivity index (χ0n) is 11.1. The lowest BCUT2D eigenvalue weighted by molar-refractivity contribution is 0.199. The van der Waals surface area contributed by atoms with E-state index in [0.717, 1.165) is 27.7 Å². The molecule has 0 unspecified atom stereocenters. The molecule has 0 fully saturated rings. The molecule has 0 amide bonds. The number of benzene rings is 1. The van der Waals surface area contributed by atoms with Gasteiger partial charge in [0.2, 0.25) is 0 Å². The van der Waals surface area contributed by atoms with E-state index in [4.69, 9.17) is 4.74 Å². The summed E-state index contributed by atoms with van der Waals surface area (Å²) in [6.45, 7) is 4.14. The van der Waals surface area contributed by atoms with Gasteiger partial charge >= 0.3 is 0 Å². The number of thiazole rings is 1. The Kier molecular flexibility index (Phi) is 5.01. The Bertz CT molecular complexity index is 542. The number of methoxy groups -OCH3 is 1. The summed E-state index contributed by atoms with van der Waals surface area (Å²) in [7, 11) is 1.68. The number of halogens is 1. The molecular formula is C14H17FN2OS. The number of aromatic nitrogens is 1. The minimum atomic E-state index is -0.218. The van der Waals surface area contributed by atoms with E-state index in [1.807, 2.05) is 13.0 Å². The van der Waals surface area contributed by atoms with Crippen molar-refractivity contribution in [2.45, 2.75) is 13.5 Å². The average molecular weight is 280 g/mol. The second-order valence-corrected chi connectivity index (χ2v) is 5.29. The Labute approximate surface area is 116 Å². The minimum absolute atomic E-state index is 0.218. The van der Waals surface area contributed by atoms with Crippen LogP contribution < -0.4 is 5.32 Å². The number of nitrogens with one attached hydrogen (secondary N) is 1. The van der Waals surface area contributed by atoms with Gasteiger partial charge in [0.05, 0.1) is 17.2 Å². The maximum absolute atomic E-state index is 13.2. The van der Waals surface area contributed by atoms with Crippen LogP contribution in [0, 0.1) is 12.7 Å². The molecule has 5 heteroatoms. The highest BCUT2D eigenvalue weighted by Crippen LogP contribution is 2.30. The molecule has 0 saturated heterocycles. The molecule has 0 aliphatic heterocycles. The van der Waals surface area contributed by atoms with Crippen LogP contribution in [0.2, 0.25) is 0 Å². The van der Waals surface area contributed by atoms with Crippen molar-refractivity contribution < 1.29 is 9.13 Å². The number of hydrogen-bond donors (Lipinski definition) is 1. The van der Waals surface area contributed by atoms with E-state index in [-0.39, 0.29) is 5.82 Å². The van der Waals surface area contributed by atoms with E-state index in [9.17, 15) is 4.39 Å². The zero-order valence-corrected chi connectivity index (χ0v) is 11.9. The van der Waals surface area contributed by atoms with Gasteiger partial charge in [0.1, 0.15) is 10.8 Å². The van der Waals surface area contributed by atoms with Crippen molar-refractivity contribution in [1.29, 1.82) is 0 Å². The number of rotatable bonds is 6. The summed E-state index contributed by atoms with van der Waals surface area (Å²) in [5, 5.41) is 4.26. The first-order valence-electron chi connectivity index (χ1n) is 6.12. The first kappa shape index (κ1) is 14.1. The molecule has 1 heterocycles. The Morgan fingerprint density at radius 2 is 2.26 bits per heavy atom. The molecule has 0 aliphatic carbocycles. The van der Waals surface area contributed by atoms with Crippen molar-refractivity contribution >= 4 is 11.3 Å².